The first-order chi connectivity index (χ1) is 12.9. The van der Waals surface area contributed by atoms with Gasteiger partial charge in [0.15, 0.2) is 5.69 Å². The van der Waals surface area contributed by atoms with E-state index in [0.717, 1.165) is 57.5 Å². The van der Waals surface area contributed by atoms with Gasteiger partial charge in [-0.3, -0.25) is 19.5 Å². The van der Waals surface area contributed by atoms with Crippen LogP contribution < -0.4 is 0 Å². The number of piperazine rings is 1. The molecule has 4 rings (SSSR count). The number of H-pyrrole nitrogens is 1. The van der Waals surface area contributed by atoms with Crippen LogP contribution in [0.3, 0.4) is 0 Å². The normalized spacial score (nSPS) is 18.6. The molecule has 0 radical (unpaired) electrons. The molecule has 0 saturated carbocycles. The van der Waals surface area contributed by atoms with Crippen molar-refractivity contribution in [1.29, 1.82) is 0 Å². The summed E-state index contributed by atoms with van der Waals surface area (Å²) < 4.78 is 2.02. The summed E-state index contributed by atoms with van der Waals surface area (Å²) >= 11 is 0. The summed E-state index contributed by atoms with van der Waals surface area (Å²) in [6.07, 6.45) is 8.43. The number of hydrogen-bond donors (Lipinski definition) is 1. The second kappa shape index (κ2) is 7.11. The summed E-state index contributed by atoms with van der Waals surface area (Å²) in [5, 5.41) is 11.9. The number of carbonyl (C=O) groups excluding carboxylic acids is 1. The molecule has 1 aliphatic heterocycles. The zero-order chi connectivity index (χ0) is 19.0. The first kappa shape index (κ1) is 18.2. The van der Waals surface area contributed by atoms with Crippen LogP contribution >= 0.6 is 0 Å². The number of aryl methyl sites for hydroxylation is 1. The van der Waals surface area contributed by atoms with Crippen LogP contribution in [0.15, 0.2) is 12.4 Å². The molecule has 0 atom stereocenters. The predicted octanol–water partition coefficient (Wildman–Crippen LogP) is 2.20. The fourth-order valence-electron chi connectivity index (χ4n) is 3.98. The lowest BCUT2D eigenvalue weighted by Gasteiger charge is -2.34. The standard InChI is InChI=1S/C20H30N6O/c1-20(2,3)26-14-15(12-21-26)13-24-8-10-25(11-9-24)19(27)18-16-6-4-5-7-17(16)22-23-18/h12,14H,4-11,13H2,1-3H3,(H,22,23). The number of rotatable bonds is 3. The zero-order valence-electron chi connectivity index (χ0n) is 16.7. The first-order valence-corrected chi connectivity index (χ1v) is 10.0. The van der Waals surface area contributed by atoms with Crippen molar-refractivity contribution in [3.63, 3.8) is 0 Å². The van der Waals surface area contributed by atoms with Crippen LogP contribution in [0.25, 0.3) is 0 Å². The van der Waals surface area contributed by atoms with Crippen molar-refractivity contribution in [2.75, 3.05) is 26.2 Å². The van der Waals surface area contributed by atoms with Gasteiger partial charge in [-0.15, -0.1) is 0 Å². The van der Waals surface area contributed by atoms with Gasteiger partial charge in [0, 0.05) is 55.7 Å². The second-order valence-corrected chi connectivity index (χ2v) is 8.77. The van der Waals surface area contributed by atoms with Crippen molar-refractivity contribution < 1.29 is 4.79 Å². The third-order valence-electron chi connectivity index (χ3n) is 5.65. The molecule has 27 heavy (non-hydrogen) atoms. The lowest BCUT2D eigenvalue weighted by Crippen LogP contribution is -2.48. The van der Waals surface area contributed by atoms with E-state index in [-0.39, 0.29) is 11.4 Å². The zero-order valence-corrected chi connectivity index (χ0v) is 16.7. The molecule has 7 nitrogen and oxygen atoms in total. The van der Waals surface area contributed by atoms with Gasteiger partial charge in [-0.05, 0) is 46.5 Å². The molecule has 1 saturated heterocycles. The van der Waals surface area contributed by atoms with Gasteiger partial charge in [0.05, 0.1) is 11.7 Å². The van der Waals surface area contributed by atoms with E-state index in [9.17, 15) is 4.79 Å². The van der Waals surface area contributed by atoms with Crippen LogP contribution in [0.1, 0.15) is 60.9 Å². The maximum absolute atomic E-state index is 12.9. The molecular weight excluding hydrogens is 340 g/mol. The number of hydrogen-bond acceptors (Lipinski definition) is 4. The van der Waals surface area contributed by atoms with Gasteiger partial charge in [-0.1, -0.05) is 0 Å². The molecule has 3 heterocycles. The van der Waals surface area contributed by atoms with Gasteiger partial charge >= 0.3 is 0 Å². The Morgan fingerprint density at radius 2 is 1.89 bits per heavy atom. The molecule has 2 aromatic heterocycles. The molecule has 0 bridgehead atoms. The van der Waals surface area contributed by atoms with Crippen molar-refractivity contribution >= 4 is 5.91 Å². The minimum Gasteiger partial charge on any atom is -0.335 e. The topological polar surface area (TPSA) is 70.1 Å². The van der Waals surface area contributed by atoms with Crippen LogP contribution in [0.2, 0.25) is 0 Å². The van der Waals surface area contributed by atoms with Gasteiger partial charge in [-0.2, -0.15) is 10.2 Å². The molecule has 7 heteroatoms. The van der Waals surface area contributed by atoms with Crippen molar-refractivity contribution in [2.24, 2.45) is 0 Å². The highest BCUT2D eigenvalue weighted by Crippen LogP contribution is 2.23. The Morgan fingerprint density at radius 1 is 1.15 bits per heavy atom. The lowest BCUT2D eigenvalue weighted by molar-refractivity contribution is 0.0621. The van der Waals surface area contributed by atoms with E-state index in [2.05, 4.69) is 47.2 Å². The van der Waals surface area contributed by atoms with Crippen molar-refractivity contribution in [3.05, 3.63) is 34.9 Å². The van der Waals surface area contributed by atoms with Gasteiger partial charge in [0.2, 0.25) is 0 Å². The second-order valence-electron chi connectivity index (χ2n) is 8.77. The lowest BCUT2D eigenvalue weighted by atomic mass is 9.95. The van der Waals surface area contributed by atoms with Crippen molar-refractivity contribution in [3.8, 4) is 0 Å². The number of aromatic amines is 1. The molecule has 1 N–H and O–H groups in total. The summed E-state index contributed by atoms with van der Waals surface area (Å²) in [6.45, 7) is 10.6. The van der Waals surface area contributed by atoms with Gasteiger partial charge in [0.1, 0.15) is 0 Å². The number of nitrogens with one attached hydrogen (secondary N) is 1. The molecule has 1 amide bonds. The Labute approximate surface area is 160 Å². The number of carbonyl (C=O) groups is 1. The highest BCUT2D eigenvalue weighted by atomic mass is 16.2. The monoisotopic (exact) mass is 370 g/mol. The van der Waals surface area contributed by atoms with E-state index in [1.165, 1.54) is 17.7 Å². The highest BCUT2D eigenvalue weighted by molar-refractivity contribution is 5.94. The molecule has 2 aromatic rings. The molecule has 146 valence electrons. The molecular formula is C20H30N6O. The fourth-order valence-corrected chi connectivity index (χ4v) is 3.98. The maximum atomic E-state index is 12.9. The average Bonchev–Trinajstić information content (AvgIpc) is 3.28. The highest BCUT2D eigenvalue weighted by Gasteiger charge is 2.28. The van der Waals surface area contributed by atoms with E-state index >= 15 is 0 Å². The molecule has 0 spiro atoms. The van der Waals surface area contributed by atoms with E-state index in [1.807, 2.05) is 15.8 Å². The first-order valence-electron chi connectivity index (χ1n) is 10.0. The number of amides is 1. The number of fused-ring (bicyclic) bond motifs is 1. The van der Waals surface area contributed by atoms with Gasteiger partial charge < -0.3 is 4.90 Å². The maximum Gasteiger partial charge on any atom is 0.274 e. The number of aromatic nitrogens is 4. The predicted molar refractivity (Wildman–Crippen MR) is 104 cm³/mol. The SMILES string of the molecule is CC(C)(C)n1cc(CN2CCN(C(=O)c3n[nH]c4c3CCCC4)CC2)cn1. The number of nitrogens with zero attached hydrogens (tertiary/aromatic N) is 5. The summed E-state index contributed by atoms with van der Waals surface area (Å²) in [4.78, 5) is 17.3. The van der Waals surface area contributed by atoms with Gasteiger partial charge in [-0.25, -0.2) is 0 Å². The Morgan fingerprint density at radius 3 is 2.59 bits per heavy atom. The summed E-state index contributed by atoms with van der Waals surface area (Å²) in [7, 11) is 0. The average molecular weight is 371 g/mol. The Balaban J connectivity index is 1.34. The molecule has 0 aromatic carbocycles. The van der Waals surface area contributed by atoms with Gasteiger partial charge in [0.25, 0.3) is 5.91 Å². The quantitative estimate of drug-likeness (QED) is 0.899. The minimum absolute atomic E-state index is 0.00602. The van der Waals surface area contributed by atoms with Crippen LogP contribution in [-0.4, -0.2) is 61.9 Å². The summed E-state index contributed by atoms with van der Waals surface area (Å²) in [5.74, 6) is 0.0922. The van der Waals surface area contributed by atoms with Crippen LogP contribution in [0, 0.1) is 0 Å². The minimum atomic E-state index is 0.00602. The Bertz CT molecular complexity index is 807. The Kier molecular flexibility index (Phi) is 4.80. The fraction of sp³-hybridized carbons (Fsp3) is 0.650. The smallest absolute Gasteiger partial charge is 0.274 e. The third-order valence-corrected chi connectivity index (χ3v) is 5.65. The van der Waals surface area contributed by atoms with E-state index in [1.54, 1.807) is 0 Å². The molecule has 2 aliphatic rings. The van der Waals surface area contributed by atoms with Crippen LogP contribution in [0.5, 0.6) is 0 Å². The van der Waals surface area contributed by atoms with E-state index in [4.69, 9.17) is 0 Å². The third kappa shape index (κ3) is 3.78. The van der Waals surface area contributed by atoms with Crippen LogP contribution in [-0.2, 0) is 24.9 Å². The summed E-state index contributed by atoms with van der Waals surface area (Å²) in [6, 6.07) is 0. The summed E-state index contributed by atoms with van der Waals surface area (Å²) in [5.41, 5.74) is 4.21. The van der Waals surface area contributed by atoms with E-state index in [0.29, 0.717) is 5.69 Å². The van der Waals surface area contributed by atoms with Crippen molar-refractivity contribution in [2.45, 2.75) is 58.5 Å². The molecule has 0 unspecified atom stereocenters. The Hall–Kier alpha value is -2.15. The largest absolute Gasteiger partial charge is 0.335 e. The van der Waals surface area contributed by atoms with Crippen LogP contribution in [0.4, 0.5) is 0 Å². The van der Waals surface area contributed by atoms with Crippen molar-refractivity contribution in [1.82, 2.24) is 29.8 Å². The van der Waals surface area contributed by atoms with E-state index < -0.39 is 0 Å². The molecule has 1 fully saturated rings. The molecule has 1 aliphatic carbocycles.